The van der Waals surface area contributed by atoms with Crippen LogP contribution in [0.2, 0.25) is 0 Å². The van der Waals surface area contributed by atoms with Crippen molar-refractivity contribution in [2.45, 2.75) is 6.92 Å². The van der Waals surface area contributed by atoms with Gasteiger partial charge in [-0.25, -0.2) is 9.49 Å². The van der Waals surface area contributed by atoms with Gasteiger partial charge in [-0.15, -0.1) is 0 Å². The first-order valence-corrected chi connectivity index (χ1v) is 6.41. The number of aromatic amines is 1. The van der Waals surface area contributed by atoms with Crippen LogP contribution in [-0.4, -0.2) is 26.7 Å². The zero-order valence-corrected chi connectivity index (χ0v) is 11.7. The van der Waals surface area contributed by atoms with Crippen LogP contribution >= 0.6 is 0 Å². The van der Waals surface area contributed by atoms with Gasteiger partial charge in [0.15, 0.2) is 5.82 Å². The summed E-state index contributed by atoms with van der Waals surface area (Å²) in [7, 11) is 0. The molecule has 0 saturated heterocycles. The van der Waals surface area contributed by atoms with Gasteiger partial charge in [-0.2, -0.15) is 10.1 Å². The molecule has 2 aromatic heterocycles. The second-order valence-electron chi connectivity index (χ2n) is 4.30. The van der Waals surface area contributed by atoms with E-state index in [4.69, 9.17) is 0 Å². The molecule has 2 N–H and O–H groups in total. The third kappa shape index (κ3) is 4.38. The summed E-state index contributed by atoms with van der Waals surface area (Å²) in [4.78, 5) is 8.27. The van der Waals surface area contributed by atoms with Crippen LogP contribution in [0.4, 0.5) is 10.3 Å². The van der Waals surface area contributed by atoms with Gasteiger partial charge >= 0.3 is 0 Å². The molecule has 0 bridgehead atoms. The molecule has 0 aliphatic rings. The molecule has 2 heterocycles. The first kappa shape index (κ1) is 14.6. The van der Waals surface area contributed by atoms with Crippen molar-refractivity contribution in [3.05, 3.63) is 60.7 Å². The Balaban J connectivity index is 2.01. The Morgan fingerprint density at radius 1 is 1.38 bits per heavy atom. The van der Waals surface area contributed by atoms with Crippen LogP contribution in [-0.2, 0) is 0 Å². The Labute approximate surface area is 122 Å². The summed E-state index contributed by atoms with van der Waals surface area (Å²) in [6, 6.07) is 3.66. The van der Waals surface area contributed by atoms with E-state index in [1.165, 1.54) is 13.0 Å². The first-order chi connectivity index (χ1) is 10.2. The number of nitrogens with one attached hydrogen (secondary N) is 2. The van der Waals surface area contributed by atoms with E-state index in [1.807, 2.05) is 12.1 Å². The molecule has 0 unspecified atom stereocenters. The molecule has 21 heavy (non-hydrogen) atoms. The lowest BCUT2D eigenvalue weighted by Crippen LogP contribution is -2.04. The predicted octanol–water partition coefficient (Wildman–Crippen LogP) is 3.26. The number of hydrogen-bond acceptors (Lipinski definition) is 4. The first-order valence-electron chi connectivity index (χ1n) is 6.41. The highest BCUT2D eigenvalue weighted by Gasteiger charge is 2.05. The molecule has 6 heteroatoms. The Morgan fingerprint density at radius 2 is 2.14 bits per heavy atom. The molecule has 2 rings (SSSR count). The molecule has 0 amide bonds. The molecule has 5 nitrogen and oxygen atoms in total. The fraction of sp³-hybridized carbons (Fsp3) is 0.133. The van der Waals surface area contributed by atoms with Gasteiger partial charge in [-0.3, -0.25) is 4.98 Å². The number of pyridine rings is 1. The molecule has 0 saturated carbocycles. The average molecular weight is 285 g/mol. The lowest BCUT2D eigenvalue weighted by Gasteiger charge is -2.02. The van der Waals surface area contributed by atoms with Crippen LogP contribution < -0.4 is 5.32 Å². The van der Waals surface area contributed by atoms with Crippen LogP contribution in [0, 0.1) is 0 Å². The van der Waals surface area contributed by atoms with E-state index in [9.17, 15) is 4.39 Å². The Morgan fingerprint density at radius 3 is 2.81 bits per heavy atom. The van der Waals surface area contributed by atoms with Crippen molar-refractivity contribution in [3.8, 4) is 11.4 Å². The minimum absolute atomic E-state index is 0.256. The van der Waals surface area contributed by atoms with Crippen molar-refractivity contribution in [2.75, 3.05) is 11.9 Å². The van der Waals surface area contributed by atoms with Crippen LogP contribution in [0.5, 0.6) is 0 Å². The number of halogens is 1. The number of rotatable bonds is 6. The molecule has 108 valence electrons. The van der Waals surface area contributed by atoms with Crippen molar-refractivity contribution >= 4 is 5.95 Å². The van der Waals surface area contributed by atoms with E-state index in [0.717, 1.165) is 11.1 Å². The third-order valence-electron chi connectivity index (χ3n) is 2.67. The maximum Gasteiger partial charge on any atom is 0.219 e. The fourth-order valence-electron chi connectivity index (χ4n) is 1.58. The molecule has 2 aromatic rings. The highest BCUT2D eigenvalue weighted by atomic mass is 19.1. The van der Waals surface area contributed by atoms with Crippen molar-refractivity contribution in [1.29, 1.82) is 0 Å². The van der Waals surface area contributed by atoms with Gasteiger partial charge in [0.1, 0.15) is 0 Å². The number of aromatic nitrogens is 4. The van der Waals surface area contributed by atoms with Crippen LogP contribution in [0.25, 0.3) is 11.4 Å². The normalized spacial score (nSPS) is 12.3. The predicted molar refractivity (Wildman–Crippen MR) is 81.2 cm³/mol. The maximum absolute atomic E-state index is 12.7. The van der Waals surface area contributed by atoms with Gasteiger partial charge in [0.05, 0.1) is 5.83 Å². The lowest BCUT2D eigenvalue weighted by molar-refractivity contribution is 0.640. The molecule has 0 radical (unpaired) electrons. The minimum Gasteiger partial charge on any atom is -0.351 e. The van der Waals surface area contributed by atoms with E-state index in [2.05, 4.69) is 32.1 Å². The summed E-state index contributed by atoms with van der Waals surface area (Å²) in [5.74, 6) is 0.869. The third-order valence-corrected chi connectivity index (χ3v) is 2.67. The molecule has 0 atom stereocenters. The van der Waals surface area contributed by atoms with Gasteiger partial charge in [-0.1, -0.05) is 18.7 Å². The molecular weight excluding hydrogens is 269 g/mol. The molecular formula is C15H16FN5. The SMILES string of the molecule is C=C/C(=C\C=C(/C)F)CNc1nc(-c2ccncc2)n[nH]1. The maximum atomic E-state index is 12.7. The van der Waals surface area contributed by atoms with Crippen molar-refractivity contribution < 1.29 is 4.39 Å². The van der Waals surface area contributed by atoms with Gasteiger partial charge in [0.2, 0.25) is 5.95 Å². The van der Waals surface area contributed by atoms with E-state index in [1.54, 1.807) is 24.5 Å². The number of allylic oxidation sites excluding steroid dienone is 3. The second-order valence-corrected chi connectivity index (χ2v) is 4.30. The number of nitrogens with zero attached hydrogens (tertiary/aromatic N) is 3. The summed E-state index contributed by atoms with van der Waals surface area (Å²) in [5, 5.41) is 10.00. The number of anilines is 1. The van der Waals surface area contributed by atoms with E-state index in [-0.39, 0.29) is 5.83 Å². The summed E-state index contributed by atoms with van der Waals surface area (Å²) in [6.07, 6.45) is 8.08. The van der Waals surface area contributed by atoms with Crippen LogP contribution in [0.3, 0.4) is 0 Å². The standard InChI is InChI=1S/C15H16FN5/c1-3-12(5-4-11(2)16)10-18-15-19-14(20-21-15)13-6-8-17-9-7-13/h3-9H,1,10H2,2H3,(H2,18,19,20,21)/b11-4+,12-5+. The molecule has 0 fully saturated rings. The van der Waals surface area contributed by atoms with Crippen LogP contribution in [0.15, 0.2) is 60.7 Å². The van der Waals surface area contributed by atoms with E-state index < -0.39 is 0 Å². The summed E-state index contributed by atoms with van der Waals surface area (Å²) in [5.41, 5.74) is 1.72. The highest BCUT2D eigenvalue weighted by molar-refractivity contribution is 5.55. The smallest absolute Gasteiger partial charge is 0.219 e. The molecule has 0 spiro atoms. The van der Waals surface area contributed by atoms with Crippen molar-refractivity contribution in [3.63, 3.8) is 0 Å². The largest absolute Gasteiger partial charge is 0.351 e. The van der Waals surface area contributed by atoms with Gasteiger partial charge in [0.25, 0.3) is 0 Å². The molecule has 0 aromatic carbocycles. The highest BCUT2D eigenvalue weighted by Crippen LogP contribution is 2.14. The number of H-pyrrole nitrogens is 1. The van der Waals surface area contributed by atoms with E-state index in [0.29, 0.717) is 18.3 Å². The second kappa shape index (κ2) is 7.14. The summed E-state index contributed by atoms with van der Waals surface area (Å²) >= 11 is 0. The van der Waals surface area contributed by atoms with Gasteiger partial charge < -0.3 is 5.32 Å². The summed E-state index contributed by atoms with van der Waals surface area (Å²) in [6.45, 7) is 5.55. The van der Waals surface area contributed by atoms with Crippen molar-refractivity contribution in [1.82, 2.24) is 20.2 Å². The van der Waals surface area contributed by atoms with Crippen LogP contribution in [0.1, 0.15) is 6.92 Å². The van der Waals surface area contributed by atoms with Crippen molar-refractivity contribution in [2.24, 2.45) is 0 Å². The summed E-state index contributed by atoms with van der Waals surface area (Å²) < 4.78 is 12.7. The Kier molecular flexibility index (Phi) is 4.98. The lowest BCUT2D eigenvalue weighted by atomic mass is 10.2. The van der Waals surface area contributed by atoms with E-state index >= 15 is 0 Å². The number of hydrogen-bond donors (Lipinski definition) is 2. The Hall–Kier alpha value is -2.76. The zero-order chi connectivity index (χ0) is 15.1. The Bertz CT molecular complexity index is 654. The van der Waals surface area contributed by atoms with Gasteiger partial charge in [-0.05, 0) is 30.7 Å². The quantitative estimate of drug-likeness (QED) is 0.799. The molecule has 0 aliphatic heterocycles. The average Bonchev–Trinajstić information content (AvgIpc) is 2.97. The monoisotopic (exact) mass is 285 g/mol. The zero-order valence-electron chi connectivity index (χ0n) is 11.7. The topological polar surface area (TPSA) is 66.5 Å². The molecule has 0 aliphatic carbocycles. The van der Waals surface area contributed by atoms with Gasteiger partial charge in [0, 0.05) is 24.5 Å². The fourth-order valence-corrected chi connectivity index (χ4v) is 1.58. The minimum atomic E-state index is -0.256.